The Morgan fingerprint density at radius 2 is 1.93 bits per heavy atom. The zero-order valence-corrected chi connectivity index (χ0v) is 18.9. The molecule has 1 atom stereocenters. The molecule has 2 aliphatic rings. The van der Waals surface area contributed by atoms with E-state index in [-0.39, 0.29) is 5.91 Å². The molecule has 2 saturated heterocycles. The number of amides is 1. The van der Waals surface area contributed by atoms with Crippen molar-refractivity contribution in [3.8, 4) is 5.13 Å². The van der Waals surface area contributed by atoms with Crippen LogP contribution in [0.15, 0.2) is 18.3 Å². The lowest BCUT2D eigenvalue weighted by molar-refractivity contribution is 0.0943. The van der Waals surface area contributed by atoms with E-state index in [1.54, 1.807) is 11.3 Å². The maximum Gasteiger partial charge on any atom is 0.268 e. The summed E-state index contributed by atoms with van der Waals surface area (Å²) in [7, 11) is 0. The number of piperidine rings is 1. The van der Waals surface area contributed by atoms with Gasteiger partial charge in [0.2, 0.25) is 10.3 Å². The Bertz CT molecular complexity index is 810. The van der Waals surface area contributed by atoms with Crippen molar-refractivity contribution in [1.29, 1.82) is 0 Å². The van der Waals surface area contributed by atoms with Gasteiger partial charge in [0.25, 0.3) is 5.91 Å². The largest absolute Gasteiger partial charge is 0.351 e. The summed E-state index contributed by atoms with van der Waals surface area (Å²) in [5.74, 6) is 0.751. The Morgan fingerprint density at radius 1 is 1.13 bits per heavy atom. The molecule has 0 bridgehead atoms. The SMILES string of the molecule is C[C@H]1CCCN(CCCNC(=O)c2cccn2-c2nnc(N3CCCCCC3)s2)C1. The van der Waals surface area contributed by atoms with Crippen molar-refractivity contribution in [2.45, 2.75) is 51.9 Å². The molecule has 4 heterocycles. The third-order valence-corrected chi connectivity index (χ3v) is 7.13. The number of rotatable bonds is 7. The third kappa shape index (κ3) is 5.40. The summed E-state index contributed by atoms with van der Waals surface area (Å²) < 4.78 is 1.86. The Hall–Kier alpha value is -1.93. The second-order valence-electron chi connectivity index (χ2n) is 8.69. The molecule has 0 radical (unpaired) electrons. The van der Waals surface area contributed by atoms with Crippen LogP contribution in [-0.2, 0) is 0 Å². The van der Waals surface area contributed by atoms with Gasteiger partial charge < -0.3 is 15.1 Å². The molecule has 2 aliphatic heterocycles. The van der Waals surface area contributed by atoms with Gasteiger partial charge in [-0.15, -0.1) is 10.2 Å². The standard InChI is InChI=1S/C22H34N6OS/c1-18-9-6-12-26(17-18)13-8-11-23-20(29)19-10-7-16-28(19)22-25-24-21(30-22)27-14-4-2-3-5-15-27/h7,10,16,18H,2-6,8-9,11-15,17H2,1H3,(H,23,29)/t18-/m0/s1. The highest BCUT2D eigenvalue weighted by Gasteiger charge is 2.19. The Morgan fingerprint density at radius 3 is 2.73 bits per heavy atom. The molecule has 8 heteroatoms. The fourth-order valence-electron chi connectivity index (χ4n) is 4.51. The number of carbonyl (C=O) groups excluding carboxylic acids is 1. The number of hydrogen-bond acceptors (Lipinski definition) is 6. The lowest BCUT2D eigenvalue weighted by atomic mass is 10.0. The molecule has 7 nitrogen and oxygen atoms in total. The number of nitrogens with zero attached hydrogens (tertiary/aromatic N) is 5. The summed E-state index contributed by atoms with van der Waals surface area (Å²) >= 11 is 1.57. The van der Waals surface area contributed by atoms with E-state index >= 15 is 0 Å². The van der Waals surface area contributed by atoms with E-state index in [1.165, 1.54) is 51.6 Å². The van der Waals surface area contributed by atoms with Crippen LogP contribution in [0.3, 0.4) is 0 Å². The summed E-state index contributed by atoms with van der Waals surface area (Å²) in [5.41, 5.74) is 0.625. The second-order valence-corrected chi connectivity index (χ2v) is 9.62. The summed E-state index contributed by atoms with van der Waals surface area (Å²) in [6.45, 7) is 8.55. The summed E-state index contributed by atoms with van der Waals surface area (Å²) in [4.78, 5) is 17.6. The van der Waals surface area contributed by atoms with Crippen molar-refractivity contribution >= 4 is 22.4 Å². The Labute approximate surface area is 183 Å². The van der Waals surface area contributed by atoms with E-state index in [2.05, 4.69) is 32.2 Å². The van der Waals surface area contributed by atoms with Gasteiger partial charge in [-0.25, -0.2) is 0 Å². The smallest absolute Gasteiger partial charge is 0.268 e. The molecule has 2 aromatic heterocycles. The molecule has 0 aromatic carbocycles. The number of carbonyl (C=O) groups is 1. The summed E-state index contributed by atoms with van der Waals surface area (Å²) in [6.07, 6.45) is 10.5. The van der Waals surface area contributed by atoms with Gasteiger partial charge in [0.1, 0.15) is 5.69 Å². The van der Waals surface area contributed by atoms with Crippen LogP contribution in [0, 0.1) is 5.92 Å². The quantitative estimate of drug-likeness (QED) is 0.681. The maximum absolute atomic E-state index is 12.8. The number of nitrogens with one attached hydrogen (secondary N) is 1. The van der Waals surface area contributed by atoms with Gasteiger partial charge in [-0.3, -0.25) is 9.36 Å². The van der Waals surface area contributed by atoms with Gasteiger partial charge in [-0.05, 0) is 63.2 Å². The van der Waals surface area contributed by atoms with E-state index in [4.69, 9.17) is 0 Å². The van der Waals surface area contributed by atoms with Crippen molar-refractivity contribution in [3.63, 3.8) is 0 Å². The van der Waals surface area contributed by atoms with Crippen LogP contribution in [0.25, 0.3) is 5.13 Å². The van der Waals surface area contributed by atoms with Crippen molar-refractivity contribution < 1.29 is 4.79 Å². The maximum atomic E-state index is 12.8. The van der Waals surface area contributed by atoms with E-state index in [1.807, 2.05) is 22.9 Å². The molecule has 2 fully saturated rings. The average molecular weight is 431 g/mol. The van der Waals surface area contributed by atoms with Crippen molar-refractivity contribution in [2.75, 3.05) is 44.2 Å². The first-order valence-electron chi connectivity index (χ1n) is 11.5. The van der Waals surface area contributed by atoms with Crippen molar-refractivity contribution in [2.24, 2.45) is 5.92 Å². The first kappa shape index (κ1) is 21.3. The molecule has 1 amide bonds. The Kier molecular flexibility index (Phi) is 7.38. The molecule has 0 spiro atoms. The van der Waals surface area contributed by atoms with Crippen LogP contribution >= 0.6 is 11.3 Å². The highest BCUT2D eigenvalue weighted by Crippen LogP contribution is 2.26. The van der Waals surface area contributed by atoms with Crippen LogP contribution in [0.1, 0.15) is 62.4 Å². The molecule has 0 saturated carbocycles. The predicted molar refractivity (Wildman–Crippen MR) is 122 cm³/mol. The van der Waals surface area contributed by atoms with Gasteiger partial charge in [-0.2, -0.15) is 0 Å². The first-order valence-corrected chi connectivity index (χ1v) is 12.3. The number of anilines is 1. The van der Waals surface area contributed by atoms with Gasteiger partial charge >= 0.3 is 0 Å². The van der Waals surface area contributed by atoms with E-state index < -0.39 is 0 Å². The number of hydrogen-bond donors (Lipinski definition) is 1. The summed E-state index contributed by atoms with van der Waals surface area (Å²) in [5, 5.41) is 13.6. The van der Waals surface area contributed by atoms with Gasteiger partial charge in [0.05, 0.1) is 0 Å². The fourth-order valence-corrected chi connectivity index (χ4v) is 5.41. The Balaban J connectivity index is 1.31. The molecular formula is C22H34N6OS. The molecule has 30 heavy (non-hydrogen) atoms. The van der Waals surface area contributed by atoms with Crippen LogP contribution in [0.5, 0.6) is 0 Å². The minimum Gasteiger partial charge on any atom is -0.351 e. The monoisotopic (exact) mass is 430 g/mol. The molecule has 1 N–H and O–H groups in total. The molecular weight excluding hydrogens is 396 g/mol. The predicted octanol–water partition coefficient (Wildman–Crippen LogP) is 3.56. The third-order valence-electron chi connectivity index (χ3n) is 6.15. The van der Waals surface area contributed by atoms with Gasteiger partial charge in [-0.1, -0.05) is 31.1 Å². The summed E-state index contributed by atoms with van der Waals surface area (Å²) in [6, 6.07) is 3.76. The normalized spacial score (nSPS) is 20.8. The second kappa shape index (κ2) is 10.4. The van der Waals surface area contributed by atoms with Crippen LogP contribution < -0.4 is 10.2 Å². The lowest BCUT2D eigenvalue weighted by Crippen LogP contribution is -2.36. The van der Waals surface area contributed by atoms with Crippen molar-refractivity contribution in [3.05, 3.63) is 24.0 Å². The zero-order valence-electron chi connectivity index (χ0n) is 18.1. The minimum absolute atomic E-state index is 0.0430. The fraction of sp³-hybridized carbons (Fsp3) is 0.682. The molecule has 0 unspecified atom stereocenters. The lowest BCUT2D eigenvalue weighted by Gasteiger charge is -2.30. The zero-order chi connectivity index (χ0) is 20.8. The topological polar surface area (TPSA) is 66.3 Å². The van der Waals surface area contributed by atoms with Crippen LogP contribution in [0.2, 0.25) is 0 Å². The van der Waals surface area contributed by atoms with Crippen LogP contribution in [-0.4, -0.2) is 64.8 Å². The van der Waals surface area contributed by atoms with Gasteiger partial charge in [0, 0.05) is 32.4 Å². The molecule has 4 rings (SSSR count). The van der Waals surface area contributed by atoms with Crippen molar-refractivity contribution in [1.82, 2.24) is 25.0 Å². The number of likely N-dealkylation sites (tertiary alicyclic amines) is 1. The number of aromatic nitrogens is 3. The van der Waals surface area contributed by atoms with Crippen LogP contribution in [0.4, 0.5) is 5.13 Å². The van der Waals surface area contributed by atoms with E-state index in [0.29, 0.717) is 12.2 Å². The molecule has 164 valence electrons. The van der Waals surface area contributed by atoms with E-state index in [0.717, 1.165) is 42.2 Å². The first-order chi connectivity index (χ1) is 14.7. The van der Waals surface area contributed by atoms with Gasteiger partial charge in [0.15, 0.2) is 0 Å². The highest BCUT2D eigenvalue weighted by molar-refractivity contribution is 7.17. The molecule has 2 aromatic rings. The molecule has 0 aliphatic carbocycles. The highest BCUT2D eigenvalue weighted by atomic mass is 32.1. The minimum atomic E-state index is -0.0430. The average Bonchev–Trinajstić information content (AvgIpc) is 3.35. The van der Waals surface area contributed by atoms with E-state index in [9.17, 15) is 4.79 Å².